The molecule has 2 aromatic rings. The maximum Gasteiger partial charge on any atom is 0.392 e. The second-order valence-corrected chi connectivity index (χ2v) is 9.84. The van der Waals surface area contributed by atoms with Gasteiger partial charge in [0.05, 0.1) is 5.92 Å². The largest absolute Gasteiger partial charge is 0.478 e. The van der Waals surface area contributed by atoms with E-state index in [1.54, 1.807) is 0 Å². The number of aliphatic carboxylic acids is 1. The van der Waals surface area contributed by atoms with Gasteiger partial charge in [-0.2, -0.15) is 13.2 Å². The number of hydrogen-bond donors (Lipinski definition) is 1. The zero-order valence-corrected chi connectivity index (χ0v) is 17.9. The minimum atomic E-state index is -4.24. The third-order valence-corrected chi connectivity index (χ3v) is 8.00. The molecule has 0 bridgehead atoms. The molecule has 2 aliphatic carbocycles. The minimum Gasteiger partial charge on any atom is -0.478 e. The molecule has 30 heavy (non-hydrogen) atoms. The lowest BCUT2D eigenvalue weighted by atomic mass is 9.86. The molecule has 0 fully saturated rings. The number of Topliss-reactive ketones (excluding diaryl/α,β-unsaturated/α-hetero) is 1. The van der Waals surface area contributed by atoms with Gasteiger partial charge < -0.3 is 5.11 Å². The number of thiazole rings is 1. The monoisotopic (exact) mass is 455 g/mol. The Bertz CT molecular complexity index is 1050. The molecular formula is C21H20F3NO3S2. The molecule has 2 aromatic heterocycles. The van der Waals surface area contributed by atoms with Crippen molar-refractivity contribution >= 4 is 34.4 Å². The molecule has 2 heterocycles. The minimum absolute atomic E-state index is 0.00836. The Balaban J connectivity index is 1.73. The first-order valence-electron chi connectivity index (χ1n) is 9.76. The van der Waals surface area contributed by atoms with Gasteiger partial charge in [-0.25, -0.2) is 9.78 Å². The van der Waals surface area contributed by atoms with E-state index in [-0.39, 0.29) is 30.6 Å². The van der Waals surface area contributed by atoms with Crippen molar-refractivity contribution in [2.24, 2.45) is 5.92 Å². The highest BCUT2D eigenvalue weighted by Gasteiger charge is 2.43. The van der Waals surface area contributed by atoms with Crippen molar-refractivity contribution in [1.82, 2.24) is 4.98 Å². The van der Waals surface area contributed by atoms with Crippen molar-refractivity contribution in [3.63, 3.8) is 0 Å². The first kappa shape index (κ1) is 21.2. The second kappa shape index (κ2) is 7.92. The highest BCUT2D eigenvalue weighted by atomic mass is 32.1. The van der Waals surface area contributed by atoms with Gasteiger partial charge in [-0.3, -0.25) is 4.79 Å². The average Bonchev–Trinajstić information content (AvgIpc) is 3.37. The number of nitrogens with zero attached hydrogens (tertiary/aromatic N) is 1. The molecule has 1 N–H and O–H groups in total. The first-order chi connectivity index (χ1) is 14.1. The van der Waals surface area contributed by atoms with Crippen molar-refractivity contribution < 1.29 is 27.9 Å². The van der Waals surface area contributed by atoms with E-state index >= 15 is 0 Å². The molecule has 0 aromatic carbocycles. The number of ketones is 1. The molecule has 0 unspecified atom stereocenters. The fraction of sp³-hybridized carbons (Fsp3) is 0.476. The normalized spacial score (nSPS) is 19.3. The van der Waals surface area contributed by atoms with Crippen molar-refractivity contribution in [1.29, 1.82) is 0 Å². The zero-order chi connectivity index (χ0) is 21.6. The van der Waals surface area contributed by atoms with Gasteiger partial charge in [-0.05, 0) is 51.0 Å². The number of thiophene rings is 1. The lowest BCUT2D eigenvalue weighted by Crippen LogP contribution is -2.28. The Morgan fingerprint density at radius 1 is 1.23 bits per heavy atom. The zero-order valence-electron chi connectivity index (χ0n) is 16.3. The summed E-state index contributed by atoms with van der Waals surface area (Å²) in [5.74, 6) is -2.68. The first-order valence-corrected chi connectivity index (χ1v) is 11.5. The SMILES string of the molecule is Cc1csc(-c2c(CC(=O)C3=C(C(=O)O)CCC3)sc3c2CC[C@H](C(F)(F)F)C3)n1. The number of carboxylic acid groups (broad SMARTS) is 1. The third-order valence-electron chi connectivity index (χ3n) is 5.77. The topological polar surface area (TPSA) is 67.3 Å². The van der Waals surface area contributed by atoms with Crippen LogP contribution in [0.3, 0.4) is 0 Å². The van der Waals surface area contributed by atoms with Crippen molar-refractivity contribution in [2.45, 2.75) is 58.0 Å². The second-order valence-electron chi connectivity index (χ2n) is 7.79. The Morgan fingerprint density at radius 2 is 1.97 bits per heavy atom. The molecule has 160 valence electrons. The van der Waals surface area contributed by atoms with Gasteiger partial charge in [0.1, 0.15) is 5.01 Å². The van der Waals surface area contributed by atoms with Crippen molar-refractivity contribution in [3.8, 4) is 10.6 Å². The van der Waals surface area contributed by atoms with Gasteiger partial charge in [0.25, 0.3) is 0 Å². The molecule has 0 spiro atoms. The molecule has 4 rings (SSSR count). The van der Waals surface area contributed by atoms with Crippen LogP contribution in [0.1, 0.15) is 46.7 Å². The molecule has 9 heteroatoms. The average molecular weight is 456 g/mol. The summed E-state index contributed by atoms with van der Waals surface area (Å²) in [5, 5.41) is 12.0. The number of rotatable bonds is 5. The Labute approximate surface area is 179 Å². The third kappa shape index (κ3) is 3.97. The Morgan fingerprint density at radius 3 is 2.60 bits per heavy atom. The van der Waals surface area contributed by atoms with Gasteiger partial charge >= 0.3 is 12.1 Å². The molecule has 4 nitrogen and oxygen atoms in total. The molecule has 0 amide bonds. The van der Waals surface area contributed by atoms with Gasteiger partial charge in [-0.1, -0.05) is 0 Å². The van der Waals surface area contributed by atoms with E-state index in [9.17, 15) is 27.9 Å². The lowest BCUT2D eigenvalue weighted by Gasteiger charge is -2.24. The van der Waals surface area contributed by atoms with Crippen LogP contribution in [0.25, 0.3) is 10.6 Å². The van der Waals surface area contributed by atoms with Crippen LogP contribution in [0.15, 0.2) is 16.5 Å². The quantitative estimate of drug-likeness (QED) is 0.644. The number of hydrogen-bond acceptors (Lipinski definition) is 5. The fourth-order valence-corrected chi connectivity index (χ4v) is 6.70. The Kier molecular flexibility index (Phi) is 5.61. The predicted octanol–water partition coefficient (Wildman–Crippen LogP) is 5.52. The number of alkyl halides is 3. The van der Waals surface area contributed by atoms with Crippen LogP contribution in [-0.2, 0) is 28.9 Å². The van der Waals surface area contributed by atoms with Gasteiger partial charge in [-0.15, -0.1) is 22.7 Å². The number of carbonyl (C=O) groups excluding carboxylic acids is 1. The summed E-state index contributed by atoms with van der Waals surface area (Å²) >= 11 is 2.68. The van der Waals surface area contributed by atoms with Crippen LogP contribution in [0, 0.1) is 12.8 Å². The summed E-state index contributed by atoms with van der Waals surface area (Å²) in [6.45, 7) is 1.85. The molecule has 0 saturated carbocycles. The molecule has 0 aliphatic heterocycles. The lowest BCUT2D eigenvalue weighted by molar-refractivity contribution is -0.176. The number of halogens is 3. The fourth-order valence-electron chi connectivity index (χ4n) is 4.30. The summed E-state index contributed by atoms with van der Waals surface area (Å²) in [6, 6.07) is 0. The van der Waals surface area contributed by atoms with Crippen LogP contribution in [0.4, 0.5) is 13.2 Å². The van der Waals surface area contributed by atoms with E-state index in [0.29, 0.717) is 41.0 Å². The summed E-state index contributed by atoms with van der Waals surface area (Å²) < 4.78 is 39.8. The number of aromatic nitrogens is 1. The smallest absolute Gasteiger partial charge is 0.392 e. The summed E-state index contributed by atoms with van der Waals surface area (Å²) in [5.41, 5.74) is 3.00. The van der Waals surface area contributed by atoms with E-state index in [4.69, 9.17) is 0 Å². The molecular weight excluding hydrogens is 435 g/mol. The highest BCUT2D eigenvalue weighted by molar-refractivity contribution is 7.15. The summed E-state index contributed by atoms with van der Waals surface area (Å²) in [7, 11) is 0. The number of aryl methyl sites for hydroxylation is 1. The van der Waals surface area contributed by atoms with Crippen LogP contribution >= 0.6 is 22.7 Å². The molecule has 0 saturated heterocycles. The summed E-state index contributed by atoms with van der Waals surface area (Å²) in [6.07, 6.45) is -2.51. The van der Waals surface area contributed by atoms with E-state index in [0.717, 1.165) is 21.8 Å². The van der Waals surface area contributed by atoms with Crippen molar-refractivity contribution in [3.05, 3.63) is 37.5 Å². The maximum absolute atomic E-state index is 13.3. The van der Waals surface area contributed by atoms with Gasteiger partial charge in [0, 0.05) is 44.0 Å². The maximum atomic E-state index is 13.3. The summed E-state index contributed by atoms with van der Waals surface area (Å²) in [4.78, 5) is 30.3. The standard InChI is InChI=1S/C21H20F3NO3S2/c1-10-9-29-19(25-10)18-14-6-5-11(21(22,23)24)7-16(14)30-17(18)8-15(26)12-3-2-4-13(12)20(27)28/h9,11H,2-8H2,1H3,(H,27,28)/t11-/m0/s1. The number of fused-ring (bicyclic) bond motifs is 1. The Hall–Kier alpha value is -2.00. The van der Waals surface area contributed by atoms with Crippen LogP contribution in [0.5, 0.6) is 0 Å². The van der Waals surface area contributed by atoms with Crippen molar-refractivity contribution in [2.75, 3.05) is 0 Å². The molecule has 0 radical (unpaired) electrons. The van der Waals surface area contributed by atoms with E-state index in [2.05, 4.69) is 4.98 Å². The van der Waals surface area contributed by atoms with E-state index in [1.165, 1.54) is 22.7 Å². The molecule has 2 aliphatic rings. The van der Waals surface area contributed by atoms with E-state index in [1.807, 2.05) is 12.3 Å². The van der Waals surface area contributed by atoms with Crippen LogP contribution in [-0.4, -0.2) is 28.0 Å². The van der Waals surface area contributed by atoms with Gasteiger partial charge in [0.15, 0.2) is 5.78 Å². The highest BCUT2D eigenvalue weighted by Crippen LogP contribution is 2.46. The van der Waals surface area contributed by atoms with Crippen LogP contribution < -0.4 is 0 Å². The van der Waals surface area contributed by atoms with Crippen LogP contribution in [0.2, 0.25) is 0 Å². The number of allylic oxidation sites excluding steroid dienone is 1. The number of carboxylic acids is 1. The van der Waals surface area contributed by atoms with E-state index < -0.39 is 18.1 Å². The molecule has 1 atom stereocenters. The number of carbonyl (C=O) groups is 2. The predicted molar refractivity (Wildman–Crippen MR) is 109 cm³/mol. The van der Waals surface area contributed by atoms with Gasteiger partial charge in [0.2, 0.25) is 0 Å².